The molecule has 2 saturated carbocycles. The summed E-state index contributed by atoms with van der Waals surface area (Å²) in [6.45, 7) is 5.34. The highest BCUT2D eigenvalue weighted by molar-refractivity contribution is 7.90. The minimum atomic E-state index is -3.41. The van der Waals surface area contributed by atoms with Crippen molar-refractivity contribution in [1.29, 1.82) is 5.26 Å². The molecular weight excluding hydrogens is 521 g/mol. The van der Waals surface area contributed by atoms with Crippen LogP contribution in [-0.2, 0) is 25.8 Å². The first-order chi connectivity index (χ1) is 18.3. The molecule has 2 amide bonds. The van der Waals surface area contributed by atoms with Gasteiger partial charge < -0.3 is 10.1 Å². The van der Waals surface area contributed by atoms with Gasteiger partial charge in [0.2, 0.25) is 5.91 Å². The molecular formula is C29H32FN3O5S. The summed E-state index contributed by atoms with van der Waals surface area (Å²) in [5.41, 5.74) is 0.580. The van der Waals surface area contributed by atoms with Crippen LogP contribution >= 0.6 is 0 Å². The summed E-state index contributed by atoms with van der Waals surface area (Å²) in [5, 5.41) is 12.5. The molecule has 1 saturated heterocycles. The van der Waals surface area contributed by atoms with Gasteiger partial charge in [-0.2, -0.15) is 5.26 Å². The number of sulfone groups is 1. The Morgan fingerprint density at radius 3 is 2.49 bits per heavy atom. The molecule has 0 aromatic heterocycles. The average Bonchev–Trinajstić information content (AvgIpc) is 3.46. The van der Waals surface area contributed by atoms with E-state index in [1.807, 2.05) is 0 Å². The highest BCUT2D eigenvalue weighted by atomic mass is 32.2. The van der Waals surface area contributed by atoms with E-state index in [4.69, 9.17) is 4.74 Å². The number of rotatable bonds is 6. The van der Waals surface area contributed by atoms with E-state index < -0.39 is 45.3 Å². The van der Waals surface area contributed by atoms with Crippen LogP contribution < -0.4 is 5.32 Å². The van der Waals surface area contributed by atoms with E-state index in [2.05, 4.69) is 11.4 Å². The Labute approximate surface area is 228 Å². The van der Waals surface area contributed by atoms with E-state index in [0.29, 0.717) is 23.0 Å². The Hall–Kier alpha value is -3.45. The number of piperidine rings is 1. The van der Waals surface area contributed by atoms with Crippen molar-refractivity contribution in [3.8, 4) is 17.2 Å². The molecule has 0 unspecified atom stereocenters. The molecule has 3 fully saturated rings. The fourth-order valence-electron chi connectivity index (χ4n) is 6.18. The molecule has 206 valence electrons. The summed E-state index contributed by atoms with van der Waals surface area (Å²) in [7, 11) is -3.41. The molecule has 8 nitrogen and oxygen atoms in total. The summed E-state index contributed by atoms with van der Waals surface area (Å²) in [6, 6.07) is 11.0. The largest absolute Gasteiger partial charge is 0.444 e. The molecule has 5 rings (SSSR count). The molecule has 1 aliphatic heterocycles. The second-order valence-corrected chi connectivity index (χ2v) is 13.9. The fraction of sp³-hybridized carbons (Fsp3) is 0.483. The van der Waals surface area contributed by atoms with Crippen molar-refractivity contribution in [1.82, 2.24) is 10.2 Å². The first kappa shape index (κ1) is 27.1. The highest BCUT2D eigenvalue weighted by Gasteiger charge is 2.67. The van der Waals surface area contributed by atoms with Gasteiger partial charge in [0.15, 0.2) is 9.84 Å². The van der Waals surface area contributed by atoms with E-state index in [0.717, 1.165) is 19.1 Å². The van der Waals surface area contributed by atoms with Crippen LogP contribution in [-0.4, -0.2) is 55.3 Å². The molecule has 39 heavy (non-hydrogen) atoms. The maximum Gasteiger partial charge on any atom is 0.411 e. The monoisotopic (exact) mass is 553 g/mol. The van der Waals surface area contributed by atoms with Crippen molar-refractivity contribution in [3.63, 3.8) is 0 Å². The van der Waals surface area contributed by atoms with Crippen LogP contribution in [0.25, 0.3) is 11.1 Å². The number of halogens is 1. The van der Waals surface area contributed by atoms with Gasteiger partial charge in [0.05, 0.1) is 11.0 Å². The van der Waals surface area contributed by atoms with E-state index in [1.54, 1.807) is 43.9 Å². The van der Waals surface area contributed by atoms with E-state index in [9.17, 15) is 23.3 Å². The maximum atomic E-state index is 15.1. The normalized spacial score (nSPS) is 25.9. The first-order valence-corrected chi connectivity index (χ1v) is 15.0. The van der Waals surface area contributed by atoms with Crippen molar-refractivity contribution < 1.29 is 27.1 Å². The number of carbonyl (C=O) groups excluding carboxylic acids is 2. The Bertz CT molecular complexity index is 1480. The summed E-state index contributed by atoms with van der Waals surface area (Å²) in [5.74, 6) is -0.131. The second-order valence-electron chi connectivity index (χ2n) is 11.9. The number of benzene rings is 2. The topological polar surface area (TPSA) is 117 Å². The molecule has 2 aromatic carbocycles. The van der Waals surface area contributed by atoms with E-state index in [-0.39, 0.29) is 28.8 Å². The van der Waals surface area contributed by atoms with Gasteiger partial charge in [0.25, 0.3) is 0 Å². The van der Waals surface area contributed by atoms with Crippen LogP contribution in [0.5, 0.6) is 0 Å². The number of nitrogens with zero attached hydrogens (tertiary/aromatic N) is 2. The van der Waals surface area contributed by atoms with Crippen LogP contribution in [0.4, 0.5) is 9.18 Å². The zero-order valence-electron chi connectivity index (χ0n) is 22.3. The predicted molar refractivity (Wildman–Crippen MR) is 142 cm³/mol. The third-order valence-electron chi connectivity index (χ3n) is 7.93. The van der Waals surface area contributed by atoms with Crippen molar-refractivity contribution in [2.24, 2.45) is 17.8 Å². The smallest absolute Gasteiger partial charge is 0.411 e. The quantitative estimate of drug-likeness (QED) is 0.576. The molecule has 3 aliphatic rings. The van der Waals surface area contributed by atoms with Gasteiger partial charge in [0.1, 0.15) is 23.5 Å². The average molecular weight is 554 g/mol. The van der Waals surface area contributed by atoms with Crippen LogP contribution in [0.15, 0.2) is 47.4 Å². The molecule has 6 atom stereocenters. The van der Waals surface area contributed by atoms with Crippen molar-refractivity contribution in [3.05, 3.63) is 53.8 Å². The molecule has 2 bridgehead atoms. The fourth-order valence-corrected chi connectivity index (χ4v) is 6.85. The van der Waals surface area contributed by atoms with Crippen LogP contribution in [0, 0.1) is 34.9 Å². The lowest BCUT2D eigenvalue weighted by Crippen LogP contribution is -2.56. The Balaban J connectivity index is 1.30. The van der Waals surface area contributed by atoms with E-state index in [1.165, 1.54) is 24.3 Å². The van der Waals surface area contributed by atoms with Crippen molar-refractivity contribution in [2.75, 3.05) is 6.26 Å². The highest BCUT2D eigenvalue weighted by Crippen LogP contribution is 2.63. The molecule has 2 aromatic rings. The number of hydrogen-bond donors (Lipinski definition) is 1. The van der Waals surface area contributed by atoms with Gasteiger partial charge in [-0.25, -0.2) is 17.6 Å². The zero-order chi connectivity index (χ0) is 28.3. The molecule has 0 radical (unpaired) electrons. The summed E-state index contributed by atoms with van der Waals surface area (Å²) >= 11 is 0. The molecule has 1 heterocycles. The third-order valence-corrected chi connectivity index (χ3v) is 9.04. The third kappa shape index (κ3) is 5.37. The first-order valence-electron chi connectivity index (χ1n) is 13.1. The standard InChI is InChI=1S/C29H32FN3O5S/c1-29(2,3)38-28(35)33-25-14-23(21-13-22(21)25)26(33)27(34)32-19(15-31)10-18-9-8-17(12-24(18)30)16-6-5-7-20(11-16)39(4,36)37/h5-9,11-12,19,21-23,25-26H,10,13-14H2,1-4H3,(H,32,34)/t19-,21+,22-,23+,25-,26-/m0/s1. The molecule has 1 N–H and O–H groups in total. The Morgan fingerprint density at radius 2 is 1.85 bits per heavy atom. The lowest BCUT2D eigenvalue weighted by atomic mass is 9.95. The molecule has 0 spiro atoms. The van der Waals surface area contributed by atoms with Crippen LogP contribution in [0.3, 0.4) is 0 Å². The number of nitrogens with one attached hydrogen (secondary N) is 1. The van der Waals surface area contributed by atoms with E-state index >= 15 is 4.39 Å². The van der Waals surface area contributed by atoms with Gasteiger partial charge in [-0.15, -0.1) is 0 Å². The Morgan fingerprint density at radius 1 is 1.13 bits per heavy atom. The SMILES string of the molecule is CC(C)(C)OC(=O)N1[C@H](C(=O)N[C@H](C#N)Cc2ccc(-c3cccc(S(C)(=O)=O)c3)cc2F)[C@@H]2C[C@H]1[C@H]1C[C@@H]21. The number of hydrogen-bond acceptors (Lipinski definition) is 6. The number of likely N-dealkylation sites (tertiary alicyclic amines) is 1. The minimum Gasteiger partial charge on any atom is -0.444 e. The molecule has 2 aliphatic carbocycles. The number of carbonyl (C=O) groups is 2. The Kier molecular flexibility index (Phi) is 6.70. The molecule has 10 heteroatoms. The summed E-state index contributed by atoms with van der Waals surface area (Å²) in [4.78, 5) is 28.1. The maximum absolute atomic E-state index is 15.1. The van der Waals surface area contributed by atoms with Gasteiger partial charge in [-0.05, 0) is 86.3 Å². The van der Waals surface area contributed by atoms with Gasteiger partial charge in [0, 0.05) is 18.7 Å². The second kappa shape index (κ2) is 9.63. The van der Waals surface area contributed by atoms with Crippen molar-refractivity contribution in [2.45, 2.75) is 68.7 Å². The minimum absolute atomic E-state index is 0.0303. The predicted octanol–water partition coefficient (Wildman–Crippen LogP) is 4.09. The summed E-state index contributed by atoms with van der Waals surface area (Å²) < 4.78 is 44.5. The van der Waals surface area contributed by atoms with Crippen LogP contribution in [0.2, 0.25) is 0 Å². The lowest BCUT2D eigenvalue weighted by Gasteiger charge is -2.35. The number of amides is 2. The number of nitriles is 1. The van der Waals surface area contributed by atoms with Gasteiger partial charge in [-0.3, -0.25) is 9.69 Å². The zero-order valence-corrected chi connectivity index (χ0v) is 23.2. The summed E-state index contributed by atoms with van der Waals surface area (Å²) in [6.07, 6.45) is 2.27. The van der Waals surface area contributed by atoms with Crippen molar-refractivity contribution >= 4 is 21.8 Å². The van der Waals surface area contributed by atoms with Crippen LogP contribution in [0.1, 0.15) is 39.2 Å². The lowest BCUT2D eigenvalue weighted by molar-refractivity contribution is -0.128. The number of fused-ring (bicyclic) bond motifs is 5. The van der Waals surface area contributed by atoms with Gasteiger partial charge >= 0.3 is 6.09 Å². The van der Waals surface area contributed by atoms with Gasteiger partial charge in [-0.1, -0.05) is 24.3 Å². The number of ether oxygens (including phenoxy) is 1.